The van der Waals surface area contributed by atoms with E-state index in [1.54, 1.807) is 6.33 Å². The Bertz CT molecular complexity index is 626. The first-order valence-electron chi connectivity index (χ1n) is 7.26. The van der Waals surface area contributed by atoms with Crippen molar-refractivity contribution >= 4 is 22.9 Å². The molecular weight excluding hydrogens is 266 g/mol. The number of H-pyrrole nitrogens is 1. The van der Waals surface area contributed by atoms with Gasteiger partial charge in [-0.2, -0.15) is 15.2 Å². The first-order chi connectivity index (χ1) is 10.2. The van der Waals surface area contributed by atoms with E-state index >= 15 is 0 Å². The average molecular weight is 287 g/mol. The SMILES string of the molecule is CCCNc1nc(N(CCC#N)C(C)C)c2[nH]cnc2n1. The van der Waals surface area contributed by atoms with Gasteiger partial charge in [0, 0.05) is 19.1 Å². The minimum absolute atomic E-state index is 0.235. The summed E-state index contributed by atoms with van der Waals surface area (Å²) in [5.41, 5.74) is 1.45. The van der Waals surface area contributed by atoms with E-state index in [-0.39, 0.29) is 6.04 Å². The molecule has 0 aliphatic carbocycles. The summed E-state index contributed by atoms with van der Waals surface area (Å²) in [4.78, 5) is 18.4. The van der Waals surface area contributed by atoms with Gasteiger partial charge in [0.2, 0.25) is 5.95 Å². The van der Waals surface area contributed by atoms with Gasteiger partial charge in [0.25, 0.3) is 0 Å². The van der Waals surface area contributed by atoms with Crippen LogP contribution in [0.25, 0.3) is 11.2 Å². The van der Waals surface area contributed by atoms with Crippen molar-refractivity contribution in [2.45, 2.75) is 39.7 Å². The summed E-state index contributed by atoms with van der Waals surface area (Å²) in [7, 11) is 0. The van der Waals surface area contributed by atoms with Crippen molar-refractivity contribution in [1.29, 1.82) is 5.26 Å². The molecule has 0 bridgehead atoms. The maximum atomic E-state index is 8.85. The fourth-order valence-electron chi connectivity index (χ4n) is 2.12. The van der Waals surface area contributed by atoms with Gasteiger partial charge in [-0.3, -0.25) is 0 Å². The second kappa shape index (κ2) is 6.88. The number of nitriles is 1. The number of nitrogens with one attached hydrogen (secondary N) is 2. The van der Waals surface area contributed by atoms with Crippen LogP contribution in [0.1, 0.15) is 33.6 Å². The third-order valence-corrected chi connectivity index (χ3v) is 3.16. The fraction of sp³-hybridized carbons (Fsp3) is 0.571. The normalized spacial score (nSPS) is 10.8. The van der Waals surface area contributed by atoms with Crippen LogP contribution in [0.5, 0.6) is 0 Å². The lowest BCUT2D eigenvalue weighted by atomic mass is 10.2. The van der Waals surface area contributed by atoms with Crippen LogP contribution in [0.4, 0.5) is 11.8 Å². The van der Waals surface area contributed by atoms with E-state index in [4.69, 9.17) is 5.26 Å². The Morgan fingerprint density at radius 2 is 2.24 bits per heavy atom. The summed E-state index contributed by atoms with van der Waals surface area (Å²) in [6.45, 7) is 7.71. The Hall–Kier alpha value is -2.36. The minimum Gasteiger partial charge on any atom is -0.354 e. The van der Waals surface area contributed by atoms with E-state index in [2.05, 4.69) is 57.0 Å². The van der Waals surface area contributed by atoms with Gasteiger partial charge in [0.15, 0.2) is 11.5 Å². The zero-order chi connectivity index (χ0) is 15.2. The van der Waals surface area contributed by atoms with Crippen LogP contribution >= 0.6 is 0 Å². The number of hydrogen-bond acceptors (Lipinski definition) is 6. The number of aromatic amines is 1. The van der Waals surface area contributed by atoms with Gasteiger partial charge in [0.1, 0.15) is 5.52 Å². The molecule has 2 aromatic heterocycles. The molecule has 2 N–H and O–H groups in total. The van der Waals surface area contributed by atoms with Crippen molar-refractivity contribution in [2.75, 3.05) is 23.3 Å². The Labute approximate surface area is 124 Å². The predicted octanol–water partition coefficient (Wildman–Crippen LogP) is 2.30. The summed E-state index contributed by atoms with van der Waals surface area (Å²) in [6, 6.07) is 2.42. The van der Waals surface area contributed by atoms with Gasteiger partial charge >= 0.3 is 0 Å². The van der Waals surface area contributed by atoms with Crippen molar-refractivity contribution in [1.82, 2.24) is 19.9 Å². The van der Waals surface area contributed by atoms with Crippen LogP contribution < -0.4 is 10.2 Å². The van der Waals surface area contributed by atoms with Crippen LogP contribution in [-0.4, -0.2) is 39.1 Å². The molecule has 0 aromatic carbocycles. The molecule has 0 atom stereocenters. The van der Waals surface area contributed by atoms with E-state index in [1.165, 1.54) is 0 Å². The van der Waals surface area contributed by atoms with Crippen molar-refractivity contribution in [3.05, 3.63) is 6.33 Å². The quantitative estimate of drug-likeness (QED) is 0.811. The summed E-state index contributed by atoms with van der Waals surface area (Å²) < 4.78 is 0. The largest absolute Gasteiger partial charge is 0.354 e. The van der Waals surface area contributed by atoms with Gasteiger partial charge < -0.3 is 15.2 Å². The molecule has 0 saturated carbocycles. The molecule has 2 rings (SSSR count). The molecule has 7 heteroatoms. The van der Waals surface area contributed by atoms with Crippen LogP contribution in [0.2, 0.25) is 0 Å². The summed E-state index contributed by atoms with van der Waals surface area (Å²) in [5.74, 6) is 1.37. The van der Waals surface area contributed by atoms with Gasteiger partial charge in [0.05, 0.1) is 18.8 Å². The maximum absolute atomic E-state index is 8.85. The van der Waals surface area contributed by atoms with Crippen molar-refractivity contribution in [3.8, 4) is 6.07 Å². The highest BCUT2D eigenvalue weighted by atomic mass is 15.3. The number of fused-ring (bicyclic) bond motifs is 1. The van der Waals surface area contributed by atoms with Gasteiger partial charge in [-0.05, 0) is 20.3 Å². The lowest BCUT2D eigenvalue weighted by Gasteiger charge is -2.27. The van der Waals surface area contributed by atoms with Crippen molar-refractivity contribution in [2.24, 2.45) is 0 Å². The minimum atomic E-state index is 0.235. The number of hydrogen-bond donors (Lipinski definition) is 2. The monoisotopic (exact) mass is 287 g/mol. The molecule has 7 nitrogen and oxygen atoms in total. The van der Waals surface area contributed by atoms with Gasteiger partial charge in [-0.1, -0.05) is 6.92 Å². The smallest absolute Gasteiger partial charge is 0.226 e. The Kier molecular flexibility index (Phi) is 4.93. The molecule has 21 heavy (non-hydrogen) atoms. The van der Waals surface area contributed by atoms with E-state index in [0.717, 1.165) is 24.3 Å². The molecule has 0 aliphatic heterocycles. The molecule has 0 spiro atoms. The Morgan fingerprint density at radius 1 is 1.43 bits per heavy atom. The van der Waals surface area contributed by atoms with Crippen molar-refractivity contribution in [3.63, 3.8) is 0 Å². The third-order valence-electron chi connectivity index (χ3n) is 3.16. The second-order valence-electron chi connectivity index (χ2n) is 5.09. The van der Waals surface area contributed by atoms with Crippen LogP contribution in [0.3, 0.4) is 0 Å². The van der Waals surface area contributed by atoms with Gasteiger partial charge in [-0.25, -0.2) is 4.98 Å². The van der Waals surface area contributed by atoms with Crippen LogP contribution in [0.15, 0.2) is 6.33 Å². The van der Waals surface area contributed by atoms with E-state index in [0.29, 0.717) is 24.6 Å². The number of nitrogens with zero attached hydrogens (tertiary/aromatic N) is 5. The maximum Gasteiger partial charge on any atom is 0.226 e. The topological polar surface area (TPSA) is 93.5 Å². The second-order valence-corrected chi connectivity index (χ2v) is 5.09. The molecule has 0 unspecified atom stereocenters. The number of imidazole rings is 1. The lowest BCUT2D eigenvalue weighted by molar-refractivity contribution is 0.678. The predicted molar refractivity (Wildman–Crippen MR) is 83.2 cm³/mol. The highest BCUT2D eigenvalue weighted by Gasteiger charge is 2.18. The zero-order valence-electron chi connectivity index (χ0n) is 12.7. The Morgan fingerprint density at radius 3 is 2.90 bits per heavy atom. The first-order valence-corrected chi connectivity index (χ1v) is 7.26. The highest BCUT2D eigenvalue weighted by molar-refractivity contribution is 5.84. The van der Waals surface area contributed by atoms with E-state index in [9.17, 15) is 0 Å². The Balaban J connectivity index is 2.43. The molecule has 0 radical (unpaired) electrons. The van der Waals surface area contributed by atoms with Crippen LogP contribution in [-0.2, 0) is 0 Å². The summed E-state index contributed by atoms with van der Waals surface area (Å²) in [6.07, 6.45) is 3.07. The average Bonchev–Trinajstić information content (AvgIpc) is 2.93. The molecule has 0 amide bonds. The number of rotatable bonds is 7. The highest BCUT2D eigenvalue weighted by Crippen LogP contribution is 2.24. The molecule has 0 saturated heterocycles. The molecular formula is C14H21N7. The molecule has 2 aromatic rings. The van der Waals surface area contributed by atoms with E-state index < -0.39 is 0 Å². The standard InChI is InChI=1S/C14H21N7/c1-4-7-16-14-19-12-11(17-9-18-12)13(20-14)21(10(2)3)8-5-6-15/h9-10H,4-5,7-8H2,1-3H3,(H2,16,17,18,19,20). The lowest BCUT2D eigenvalue weighted by Crippen LogP contribution is -2.33. The fourth-order valence-corrected chi connectivity index (χ4v) is 2.12. The van der Waals surface area contributed by atoms with Gasteiger partial charge in [-0.15, -0.1) is 0 Å². The van der Waals surface area contributed by atoms with Crippen molar-refractivity contribution < 1.29 is 0 Å². The third kappa shape index (κ3) is 3.40. The first kappa shape index (κ1) is 15.0. The summed E-state index contributed by atoms with van der Waals surface area (Å²) in [5, 5.41) is 12.0. The van der Waals surface area contributed by atoms with Crippen LogP contribution in [0, 0.1) is 11.3 Å². The molecule has 0 fully saturated rings. The zero-order valence-corrected chi connectivity index (χ0v) is 12.7. The molecule has 112 valence electrons. The molecule has 0 aliphatic rings. The number of aromatic nitrogens is 4. The molecule has 2 heterocycles. The van der Waals surface area contributed by atoms with E-state index in [1.807, 2.05) is 0 Å². The summed E-state index contributed by atoms with van der Waals surface area (Å²) >= 11 is 0. The number of anilines is 2.